The van der Waals surface area contributed by atoms with Gasteiger partial charge < -0.3 is 15.0 Å². The molecule has 0 unspecified atom stereocenters. The van der Waals surface area contributed by atoms with Gasteiger partial charge in [0.25, 0.3) is 0 Å². The van der Waals surface area contributed by atoms with Gasteiger partial charge in [0.15, 0.2) is 5.13 Å². The Morgan fingerprint density at radius 2 is 2.33 bits per heavy atom. The maximum absolute atomic E-state index is 12.6. The predicted octanol–water partition coefficient (Wildman–Crippen LogP) is 2.48. The molecule has 0 spiro atoms. The van der Waals surface area contributed by atoms with Crippen LogP contribution in [0.5, 0.6) is 5.75 Å². The lowest BCUT2D eigenvalue weighted by atomic mass is 9.96. The van der Waals surface area contributed by atoms with E-state index in [-0.39, 0.29) is 11.9 Å². The van der Waals surface area contributed by atoms with Crippen LogP contribution in [0, 0.1) is 5.92 Å². The van der Waals surface area contributed by atoms with E-state index < -0.39 is 0 Å². The van der Waals surface area contributed by atoms with Crippen molar-refractivity contribution in [2.75, 3.05) is 24.6 Å². The van der Waals surface area contributed by atoms with Crippen molar-refractivity contribution < 1.29 is 9.53 Å². The molecule has 3 heterocycles. The van der Waals surface area contributed by atoms with Gasteiger partial charge in [-0.25, -0.2) is 4.98 Å². The Morgan fingerprint density at radius 1 is 1.42 bits per heavy atom. The van der Waals surface area contributed by atoms with E-state index in [0.717, 1.165) is 36.7 Å². The van der Waals surface area contributed by atoms with E-state index in [9.17, 15) is 4.79 Å². The lowest BCUT2D eigenvalue weighted by Crippen LogP contribution is -2.45. The van der Waals surface area contributed by atoms with Gasteiger partial charge in [-0.1, -0.05) is 18.2 Å². The highest BCUT2D eigenvalue weighted by atomic mass is 32.1. The topological polar surface area (TPSA) is 54.5 Å². The minimum absolute atomic E-state index is 0.0899. The monoisotopic (exact) mass is 343 g/mol. The summed E-state index contributed by atoms with van der Waals surface area (Å²) in [4.78, 5) is 19.1. The molecular weight excluding hydrogens is 322 g/mol. The highest BCUT2D eigenvalue weighted by Crippen LogP contribution is 2.28. The Bertz CT molecular complexity index is 704. The second-order valence-electron chi connectivity index (χ2n) is 6.40. The first-order chi connectivity index (χ1) is 11.8. The van der Waals surface area contributed by atoms with Crippen molar-refractivity contribution in [3.05, 3.63) is 41.4 Å². The summed E-state index contributed by atoms with van der Waals surface area (Å²) >= 11 is 1.59. The Labute approximate surface area is 145 Å². The minimum Gasteiger partial charge on any atom is -0.493 e. The van der Waals surface area contributed by atoms with Crippen molar-refractivity contribution in [1.29, 1.82) is 0 Å². The third kappa shape index (κ3) is 3.11. The molecule has 0 radical (unpaired) electrons. The lowest BCUT2D eigenvalue weighted by Gasteiger charge is -2.27. The molecule has 0 bridgehead atoms. The molecule has 0 aliphatic carbocycles. The third-order valence-corrected chi connectivity index (χ3v) is 5.55. The van der Waals surface area contributed by atoms with Crippen LogP contribution in [-0.2, 0) is 11.2 Å². The number of para-hydroxylation sites is 1. The van der Waals surface area contributed by atoms with Gasteiger partial charge in [0.1, 0.15) is 11.8 Å². The number of amides is 1. The van der Waals surface area contributed by atoms with Crippen LogP contribution in [0.3, 0.4) is 0 Å². The number of benzene rings is 1. The highest BCUT2D eigenvalue weighted by molar-refractivity contribution is 7.13. The van der Waals surface area contributed by atoms with E-state index in [4.69, 9.17) is 4.74 Å². The zero-order valence-corrected chi connectivity index (χ0v) is 14.3. The molecule has 2 aromatic rings. The molecule has 126 valence electrons. The smallest absolute Gasteiger partial charge is 0.242 e. The van der Waals surface area contributed by atoms with Gasteiger partial charge in [0.2, 0.25) is 5.91 Å². The second kappa shape index (κ2) is 6.81. The first-order valence-electron chi connectivity index (χ1n) is 8.46. The van der Waals surface area contributed by atoms with E-state index in [1.54, 1.807) is 17.5 Å². The number of thiazole rings is 1. The van der Waals surface area contributed by atoms with Crippen molar-refractivity contribution in [2.24, 2.45) is 5.92 Å². The molecule has 1 N–H and O–H groups in total. The van der Waals surface area contributed by atoms with Gasteiger partial charge >= 0.3 is 0 Å². The molecule has 2 aliphatic heterocycles. The fourth-order valence-electron chi connectivity index (χ4n) is 3.51. The van der Waals surface area contributed by atoms with Gasteiger partial charge in [-0.05, 0) is 30.9 Å². The van der Waals surface area contributed by atoms with Crippen LogP contribution in [0.15, 0.2) is 35.8 Å². The molecule has 1 aromatic heterocycles. The molecular formula is C18H21N3O2S. The van der Waals surface area contributed by atoms with E-state index in [0.29, 0.717) is 19.1 Å². The zero-order chi connectivity index (χ0) is 16.4. The average Bonchev–Trinajstić information content (AvgIpc) is 3.30. The van der Waals surface area contributed by atoms with Crippen LogP contribution in [0.1, 0.15) is 18.4 Å². The summed E-state index contributed by atoms with van der Waals surface area (Å²) in [7, 11) is 0. The molecule has 4 rings (SSSR count). The van der Waals surface area contributed by atoms with Crippen LogP contribution in [0.4, 0.5) is 5.13 Å². The number of aromatic nitrogens is 1. The molecule has 6 heteroatoms. The quantitative estimate of drug-likeness (QED) is 0.927. The third-order valence-electron chi connectivity index (χ3n) is 4.74. The van der Waals surface area contributed by atoms with Crippen molar-refractivity contribution in [3.8, 4) is 5.75 Å². The minimum atomic E-state index is -0.0899. The molecule has 2 aliphatic rings. The fraction of sp³-hybridized carbons (Fsp3) is 0.444. The van der Waals surface area contributed by atoms with E-state index in [2.05, 4.69) is 21.3 Å². The maximum Gasteiger partial charge on any atom is 0.242 e. The number of nitrogens with zero attached hydrogens (tertiary/aromatic N) is 2. The van der Waals surface area contributed by atoms with Gasteiger partial charge in [0, 0.05) is 30.6 Å². The Morgan fingerprint density at radius 3 is 3.21 bits per heavy atom. The Balaban J connectivity index is 1.34. The van der Waals surface area contributed by atoms with Crippen molar-refractivity contribution in [2.45, 2.75) is 25.3 Å². The summed E-state index contributed by atoms with van der Waals surface area (Å²) in [5.41, 5.74) is 1.23. The summed E-state index contributed by atoms with van der Waals surface area (Å²) in [6.07, 6.45) is 4.69. The molecule has 1 fully saturated rings. The first kappa shape index (κ1) is 15.4. The fourth-order valence-corrected chi connectivity index (χ4v) is 4.23. The molecule has 2 atom stereocenters. The SMILES string of the molecule is O=C(NC[C@@H]1COc2ccccc2C1)[C@@H]1CCCN1c1nccs1. The maximum atomic E-state index is 12.6. The second-order valence-corrected chi connectivity index (χ2v) is 7.27. The summed E-state index contributed by atoms with van der Waals surface area (Å²) in [6.45, 7) is 2.24. The van der Waals surface area contributed by atoms with Crippen LogP contribution in [-0.4, -0.2) is 36.6 Å². The number of carbonyl (C=O) groups excluding carboxylic acids is 1. The van der Waals surface area contributed by atoms with Gasteiger partial charge in [-0.15, -0.1) is 11.3 Å². The number of hydrogen-bond donors (Lipinski definition) is 1. The first-order valence-corrected chi connectivity index (χ1v) is 9.34. The zero-order valence-electron chi connectivity index (χ0n) is 13.5. The number of anilines is 1. The van der Waals surface area contributed by atoms with Crippen molar-refractivity contribution in [1.82, 2.24) is 10.3 Å². The van der Waals surface area contributed by atoms with Crippen LogP contribution in [0.25, 0.3) is 0 Å². The standard InChI is InChI=1S/C18H21N3O2S/c22-17(15-5-3-8-21(15)18-19-7-9-24-18)20-11-13-10-14-4-1-2-6-16(14)23-12-13/h1-2,4,6-7,9,13,15H,3,5,8,10-12H2,(H,20,22)/t13-,15+/m1/s1. The van der Waals surface area contributed by atoms with Gasteiger partial charge in [-0.2, -0.15) is 0 Å². The van der Waals surface area contributed by atoms with Crippen LogP contribution < -0.4 is 15.0 Å². The number of rotatable bonds is 4. The number of fused-ring (bicyclic) bond motifs is 1. The van der Waals surface area contributed by atoms with Gasteiger partial charge in [-0.3, -0.25) is 4.79 Å². The molecule has 1 aromatic carbocycles. The van der Waals surface area contributed by atoms with Crippen LogP contribution >= 0.6 is 11.3 Å². The molecule has 1 saturated heterocycles. The Hall–Kier alpha value is -2.08. The summed E-state index contributed by atoms with van der Waals surface area (Å²) in [6, 6.07) is 8.05. The highest BCUT2D eigenvalue weighted by Gasteiger charge is 2.32. The number of carbonyl (C=O) groups is 1. The molecule has 24 heavy (non-hydrogen) atoms. The van der Waals surface area contributed by atoms with Crippen molar-refractivity contribution in [3.63, 3.8) is 0 Å². The predicted molar refractivity (Wildman–Crippen MR) is 94.6 cm³/mol. The molecule has 5 nitrogen and oxygen atoms in total. The molecule has 1 amide bonds. The summed E-state index contributed by atoms with van der Waals surface area (Å²) in [5, 5.41) is 6.04. The van der Waals surface area contributed by atoms with Crippen molar-refractivity contribution >= 4 is 22.4 Å². The number of nitrogens with one attached hydrogen (secondary N) is 1. The molecule has 0 saturated carbocycles. The summed E-state index contributed by atoms with van der Waals surface area (Å²) < 4.78 is 5.80. The van der Waals surface area contributed by atoms with Gasteiger partial charge in [0.05, 0.1) is 6.61 Å². The normalized spacial score (nSPS) is 22.8. The summed E-state index contributed by atoms with van der Waals surface area (Å²) in [5.74, 6) is 1.42. The van der Waals surface area contributed by atoms with Crippen LogP contribution in [0.2, 0.25) is 0 Å². The largest absolute Gasteiger partial charge is 0.493 e. The number of hydrogen-bond acceptors (Lipinski definition) is 5. The average molecular weight is 343 g/mol. The van der Waals surface area contributed by atoms with E-state index in [1.807, 2.05) is 23.6 Å². The van der Waals surface area contributed by atoms with E-state index >= 15 is 0 Å². The Kier molecular flexibility index (Phi) is 4.38. The van der Waals surface area contributed by atoms with E-state index in [1.165, 1.54) is 5.56 Å². The lowest BCUT2D eigenvalue weighted by molar-refractivity contribution is -0.122. The number of ether oxygens (including phenoxy) is 1.